The standard InChI is InChI=1S/C14H24N4O/c1-4-6-10-9-11(18-17-10)16-13(19)12-14(2,3)7-5-8-15-12/h9,12,15H,4-8H2,1-3H3,(H2,16,17,18,19). The molecule has 106 valence electrons. The lowest BCUT2D eigenvalue weighted by Crippen LogP contribution is -2.53. The topological polar surface area (TPSA) is 69.8 Å². The number of anilines is 1. The molecule has 1 aliphatic rings. The largest absolute Gasteiger partial charge is 0.308 e. The second-order valence-corrected chi connectivity index (χ2v) is 6.00. The minimum Gasteiger partial charge on any atom is -0.308 e. The Hall–Kier alpha value is -1.36. The van der Waals surface area contributed by atoms with Crippen LogP contribution in [-0.2, 0) is 11.2 Å². The fraction of sp³-hybridized carbons (Fsp3) is 0.714. The summed E-state index contributed by atoms with van der Waals surface area (Å²) in [6.45, 7) is 7.30. The first-order chi connectivity index (χ1) is 9.03. The highest BCUT2D eigenvalue weighted by Crippen LogP contribution is 2.30. The number of hydrogen-bond donors (Lipinski definition) is 3. The molecule has 5 nitrogen and oxygen atoms in total. The number of rotatable bonds is 4. The van der Waals surface area contributed by atoms with Crippen LogP contribution < -0.4 is 10.6 Å². The third-order valence-electron chi connectivity index (χ3n) is 3.79. The van der Waals surface area contributed by atoms with Gasteiger partial charge in [0.05, 0.1) is 6.04 Å². The molecule has 0 bridgehead atoms. The Balaban J connectivity index is 1.99. The van der Waals surface area contributed by atoms with Crippen LogP contribution in [0.3, 0.4) is 0 Å². The predicted molar refractivity (Wildman–Crippen MR) is 76.0 cm³/mol. The molecule has 1 aliphatic heterocycles. The molecule has 2 rings (SSSR count). The van der Waals surface area contributed by atoms with Gasteiger partial charge in [0.2, 0.25) is 5.91 Å². The molecule has 1 atom stereocenters. The van der Waals surface area contributed by atoms with Crippen molar-refractivity contribution < 1.29 is 4.79 Å². The molecule has 0 aliphatic carbocycles. The highest BCUT2D eigenvalue weighted by molar-refractivity contribution is 5.94. The van der Waals surface area contributed by atoms with Crippen LogP contribution in [0.5, 0.6) is 0 Å². The van der Waals surface area contributed by atoms with Crippen molar-refractivity contribution in [2.45, 2.75) is 52.5 Å². The summed E-state index contributed by atoms with van der Waals surface area (Å²) in [5.41, 5.74) is 1.05. The second-order valence-electron chi connectivity index (χ2n) is 6.00. The summed E-state index contributed by atoms with van der Waals surface area (Å²) in [7, 11) is 0. The molecule has 1 saturated heterocycles. The molecule has 1 aromatic heterocycles. The van der Waals surface area contributed by atoms with E-state index in [4.69, 9.17) is 0 Å². The molecule has 2 heterocycles. The number of carbonyl (C=O) groups is 1. The number of H-pyrrole nitrogens is 1. The molecular formula is C14H24N4O. The number of nitrogens with zero attached hydrogens (tertiary/aromatic N) is 1. The van der Waals surface area contributed by atoms with Crippen molar-refractivity contribution in [2.75, 3.05) is 11.9 Å². The SMILES string of the molecule is CCCc1cc(NC(=O)C2NCCCC2(C)C)n[nH]1. The van der Waals surface area contributed by atoms with Crippen LogP contribution in [0.4, 0.5) is 5.82 Å². The Morgan fingerprint density at radius 3 is 3.05 bits per heavy atom. The maximum Gasteiger partial charge on any atom is 0.243 e. The highest BCUT2D eigenvalue weighted by atomic mass is 16.2. The van der Waals surface area contributed by atoms with Crippen molar-refractivity contribution in [1.29, 1.82) is 0 Å². The van der Waals surface area contributed by atoms with Gasteiger partial charge < -0.3 is 10.6 Å². The zero-order chi connectivity index (χ0) is 13.9. The van der Waals surface area contributed by atoms with Gasteiger partial charge in [-0.15, -0.1) is 0 Å². The number of piperidine rings is 1. The Bertz CT molecular complexity index is 438. The Morgan fingerprint density at radius 1 is 1.58 bits per heavy atom. The first kappa shape index (κ1) is 14.1. The van der Waals surface area contributed by atoms with Gasteiger partial charge in [0.1, 0.15) is 0 Å². The normalized spacial score (nSPS) is 22.2. The van der Waals surface area contributed by atoms with Crippen molar-refractivity contribution in [3.63, 3.8) is 0 Å². The van der Waals surface area contributed by atoms with Gasteiger partial charge in [-0.25, -0.2) is 0 Å². The highest BCUT2D eigenvalue weighted by Gasteiger charge is 2.37. The molecule has 3 N–H and O–H groups in total. The summed E-state index contributed by atoms with van der Waals surface area (Å²) >= 11 is 0. The number of aryl methyl sites for hydroxylation is 1. The van der Waals surface area contributed by atoms with Gasteiger partial charge in [0.15, 0.2) is 5.82 Å². The van der Waals surface area contributed by atoms with Crippen molar-refractivity contribution in [3.8, 4) is 0 Å². The van der Waals surface area contributed by atoms with Gasteiger partial charge >= 0.3 is 0 Å². The fourth-order valence-electron chi connectivity index (χ4n) is 2.68. The van der Waals surface area contributed by atoms with Crippen LogP contribution in [0.2, 0.25) is 0 Å². The van der Waals surface area contributed by atoms with Crippen molar-refractivity contribution >= 4 is 11.7 Å². The van der Waals surface area contributed by atoms with Crippen LogP contribution in [0.1, 0.15) is 45.7 Å². The molecule has 1 fully saturated rings. The molecule has 0 spiro atoms. The zero-order valence-corrected chi connectivity index (χ0v) is 12.0. The summed E-state index contributed by atoms with van der Waals surface area (Å²) in [6, 6.07) is 1.77. The van der Waals surface area contributed by atoms with Crippen LogP contribution in [-0.4, -0.2) is 28.7 Å². The lowest BCUT2D eigenvalue weighted by Gasteiger charge is -2.38. The number of hydrogen-bond acceptors (Lipinski definition) is 3. The Morgan fingerprint density at radius 2 is 2.37 bits per heavy atom. The van der Waals surface area contributed by atoms with Gasteiger partial charge in [-0.1, -0.05) is 27.2 Å². The Labute approximate surface area is 114 Å². The minimum atomic E-state index is -0.146. The molecule has 0 aromatic carbocycles. The number of amides is 1. The molecule has 0 saturated carbocycles. The molecule has 19 heavy (non-hydrogen) atoms. The predicted octanol–water partition coefficient (Wildman–Crippen LogP) is 2.08. The molecule has 1 unspecified atom stereocenters. The van der Waals surface area contributed by atoms with Crippen LogP contribution in [0, 0.1) is 5.41 Å². The number of aromatic amines is 1. The molecular weight excluding hydrogens is 240 g/mol. The van der Waals surface area contributed by atoms with Crippen LogP contribution in [0.25, 0.3) is 0 Å². The van der Waals surface area contributed by atoms with E-state index in [9.17, 15) is 4.79 Å². The Kier molecular flexibility index (Phi) is 4.24. The van der Waals surface area contributed by atoms with Crippen LogP contribution in [0.15, 0.2) is 6.07 Å². The van der Waals surface area contributed by atoms with E-state index in [1.54, 1.807) is 0 Å². The maximum absolute atomic E-state index is 12.3. The smallest absolute Gasteiger partial charge is 0.243 e. The minimum absolute atomic E-state index is 0.00904. The lowest BCUT2D eigenvalue weighted by molar-refractivity contribution is -0.121. The van der Waals surface area contributed by atoms with Crippen molar-refractivity contribution in [2.24, 2.45) is 5.41 Å². The number of aromatic nitrogens is 2. The van der Waals surface area contributed by atoms with E-state index >= 15 is 0 Å². The van der Waals surface area contributed by atoms with Gasteiger partial charge in [-0.3, -0.25) is 9.89 Å². The van der Waals surface area contributed by atoms with Crippen molar-refractivity contribution in [3.05, 3.63) is 11.8 Å². The number of carbonyl (C=O) groups excluding carboxylic acids is 1. The lowest BCUT2D eigenvalue weighted by atomic mass is 9.77. The summed E-state index contributed by atoms with van der Waals surface area (Å²) in [5, 5.41) is 13.3. The number of nitrogens with one attached hydrogen (secondary N) is 3. The average Bonchev–Trinajstić information content (AvgIpc) is 2.76. The third kappa shape index (κ3) is 3.35. The average molecular weight is 264 g/mol. The van der Waals surface area contributed by atoms with Crippen LogP contribution >= 0.6 is 0 Å². The second kappa shape index (κ2) is 5.74. The molecule has 0 radical (unpaired) electrons. The summed E-state index contributed by atoms with van der Waals surface area (Å²) < 4.78 is 0. The van der Waals surface area contributed by atoms with E-state index in [0.717, 1.165) is 37.9 Å². The fourth-order valence-corrected chi connectivity index (χ4v) is 2.68. The first-order valence-corrected chi connectivity index (χ1v) is 7.11. The molecule has 1 amide bonds. The summed E-state index contributed by atoms with van der Waals surface area (Å²) in [6.07, 6.45) is 4.21. The maximum atomic E-state index is 12.3. The van der Waals surface area contributed by atoms with Gasteiger partial charge in [0, 0.05) is 11.8 Å². The van der Waals surface area contributed by atoms with E-state index < -0.39 is 0 Å². The monoisotopic (exact) mass is 264 g/mol. The van der Waals surface area contributed by atoms with E-state index in [-0.39, 0.29) is 17.4 Å². The van der Waals surface area contributed by atoms with Gasteiger partial charge in [-0.05, 0) is 31.2 Å². The molecule has 5 heteroatoms. The van der Waals surface area contributed by atoms with E-state index in [2.05, 4.69) is 41.6 Å². The van der Waals surface area contributed by atoms with E-state index in [1.807, 2.05) is 6.07 Å². The summed E-state index contributed by atoms with van der Waals surface area (Å²) in [4.78, 5) is 12.3. The van der Waals surface area contributed by atoms with Crippen molar-refractivity contribution in [1.82, 2.24) is 15.5 Å². The van der Waals surface area contributed by atoms with Gasteiger partial charge in [-0.2, -0.15) is 5.10 Å². The zero-order valence-electron chi connectivity index (χ0n) is 12.0. The van der Waals surface area contributed by atoms with E-state index in [1.165, 1.54) is 0 Å². The summed E-state index contributed by atoms with van der Waals surface area (Å²) in [5.74, 6) is 0.635. The molecule has 1 aromatic rings. The third-order valence-corrected chi connectivity index (χ3v) is 3.79. The quantitative estimate of drug-likeness (QED) is 0.780. The first-order valence-electron chi connectivity index (χ1n) is 7.11. The van der Waals surface area contributed by atoms with E-state index in [0.29, 0.717) is 5.82 Å². The van der Waals surface area contributed by atoms with Gasteiger partial charge in [0.25, 0.3) is 0 Å².